The van der Waals surface area contributed by atoms with Crippen molar-refractivity contribution in [2.24, 2.45) is 0 Å². The van der Waals surface area contributed by atoms with Crippen molar-refractivity contribution in [3.05, 3.63) is 69.1 Å². The quantitative estimate of drug-likeness (QED) is 0.494. The molecule has 0 radical (unpaired) electrons. The Morgan fingerprint density at radius 2 is 1.93 bits per heavy atom. The van der Waals surface area contributed by atoms with Crippen LogP contribution >= 0.6 is 34.5 Å². The molecule has 1 heterocycles. The lowest BCUT2D eigenvalue weighted by Gasteiger charge is -2.07. The van der Waals surface area contributed by atoms with Gasteiger partial charge in [0.25, 0.3) is 0 Å². The van der Waals surface area contributed by atoms with Crippen molar-refractivity contribution in [3.8, 4) is 10.6 Å². The number of aryl methyl sites for hydroxylation is 1. The van der Waals surface area contributed by atoms with Crippen molar-refractivity contribution in [1.29, 1.82) is 5.41 Å². The average molecular weight is 420 g/mol. The van der Waals surface area contributed by atoms with E-state index in [0.717, 1.165) is 10.6 Å². The number of carbonyl (C=O) groups excluding carboxylic acids is 1. The predicted octanol–water partition coefficient (Wildman–Crippen LogP) is 6.04. The molecule has 0 aliphatic carbocycles. The summed E-state index contributed by atoms with van der Waals surface area (Å²) in [5, 5.41) is 12.7. The normalized spacial score (nSPS) is 10.5. The van der Waals surface area contributed by atoms with Gasteiger partial charge in [0, 0.05) is 21.3 Å². The summed E-state index contributed by atoms with van der Waals surface area (Å²) in [7, 11) is 0. The van der Waals surface area contributed by atoms with E-state index >= 15 is 0 Å². The lowest BCUT2D eigenvalue weighted by molar-refractivity contribution is 0.177. The number of carbonyl (C=O) groups is 1. The van der Waals surface area contributed by atoms with Crippen LogP contribution in [0.5, 0.6) is 0 Å². The summed E-state index contributed by atoms with van der Waals surface area (Å²) < 4.78 is 5.13. The van der Waals surface area contributed by atoms with Gasteiger partial charge in [0.1, 0.15) is 11.6 Å². The zero-order chi connectivity index (χ0) is 19.4. The third-order valence-electron chi connectivity index (χ3n) is 3.58. The molecule has 0 saturated carbocycles. The summed E-state index contributed by atoms with van der Waals surface area (Å²) in [6, 6.07) is 14.1. The minimum absolute atomic E-state index is 0.157. The molecule has 0 bridgehead atoms. The Hall–Kier alpha value is -2.41. The smallest absolute Gasteiger partial charge is 0.412 e. The van der Waals surface area contributed by atoms with Crippen LogP contribution in [0.25, 0.3) is 10.6 Å². The molecule has 5 nitrogen and oxygen atoms in total. The molecule has 2 N–H and O–H groups in total. The number of anilines is 1. The number of ether oxygens (including phenoxy) is 1. The van der Waals surface area contributed by atoms with Gasteiger partial charge in [-0.15, -0.1) is 11.3 Å². The number of thiazole rings is 1. The average Bonchev–Trinajstić information content (AvgIpc) is 3.02. The molecular formula is C19H15Cl2N3O2S. The molecule has 1 amide bonds. The van der Waals surface area contributed by atoms with Gasteiger partial charge >= 0.3 is 6.09 Å². The van der Waals surface area contributed by atoms with Gasteiger partial charge < -0.3 is 10.1 Å². The second kappa shape index (κ2) is 8.52. The van der Waals surface area contributed by atoms with Gasteiger partial charge in [0.2, 0.25) is 0 Å². The van der Waals surface area contributed by atoms with Crippen molar-refractivity contribution in [2.45, 2.75) is 6.92 Å². The van der Waals surface area contributed by atoms with Crippen LogP contribution in [-0.4, -0.2) is 23.4 Å². The Morgan fingerprint density at radius 1 is 1.19 bits per heavy atom. The van der Waals surface area contributed by atoms with Gasteiger partial charge in [-0.1, -0.05) is 41.4 Å². The van der Waals surface area contributed by atoms with Gasteiger partial charge in [-0.2, -0.15) is 0 Å². The molecule has 0 fully saturated rings. The van der Waals surface area contributed by atoms with Crippen LogP contribution in [0, 0.1) is 12.3 Å². The van der Waals surface area contributed by atoms with Gasteiger partial charge in [-0.05, 0) is 37.3 Å². The van der Waals surface area contributed by atoms with Crippen LogP contribution in [0.1, 0.15) is 10.6 Å². The van der Waals surface area contributed by atoms with Crippen molar-refractivity contribution >= 4 is 52.0 Å². The summed E-state index contributed by atoms with van der Waals surface area (Å²) in [5.41, 5.74) is 2.35. The first-order chi connectivity index (χ1) is 12.9. The monoisotopic (exact) mass is 419 g/mol. The number of rotatable bonds is 5. The van der Waals surface area contributed by atoms with Gasteiger partial charge in [0.15, 0.2) is 0 Å². The fraction of sp³-hybridized carbons (Fsp3) is 0.105. The number of nitrogens with one attached hydrogen (secondary N) is 2. The van der Waals surface area contributed by atoms with E-state index in [2.05, 4.69) is 10.3 Å². The second-order valence-electron chi connectivity index (χ2n) is 5.63. The number of benzene rings is 2. The van der Waals surface area contributed by atoms with Crippen LogP contribution in [0.2, 0.25) is 10.0 Å². The van der Waals surface area contributed by atoms with Crippen molar-refractivity contribution in [1.82, 2.24) is 4.98 Å². The number of hydrogen-bond acceptors (Lipinski definition) is 5. The predicted molar refractivity (Wildman–Crippen MR) is 111 cm³/mol. The van der Waals surface area contributed by atoms with Gasteiger partial charge in [-0.3, -0.25) is 5.32 Å². The summed E-state index contributed by atoms with van der Waals surface area (Å²) in [6.07, 6.45) is -0.651. The Morgan fingerprint density at radius 3 is 2.63 bits per heavy atom. The van der Waals surface area contributed by atoms with E-state index in [1.54, 1.807) is 36.4 Å². The maximum absolute atomic E-state index is 11.9. The highest BCUT2D eigenvalue weighted by Crippen LogP contribution is 2.29. The molecule has 8 heteroatoms. The first-order valence-electron chi connectivity index (χ1n) is 7.93. The molecule has 2 aromatic carbocycles. The van der Waals surface area contributed by atoms with E-state index in [1.165, 1.54) is 11.3 Å². The molecule has 0 unspecified atom stereocenters. The standard InChI is InChI=1S/C19H15Cl2N3O2S/c1-11-17(27-18(23-11)12-5-7-13(20)8-6-12)16(22)10-26-19(25)24-15-4-2-3-14(21)9-15/h2-9,22H,10H2,1H3,(H,24,25). The summed E-state index contributed by atoms with van der Waals surface area (Å²) in [4.78, 5) is 17.1. The number of amides is 1. The number of nitrogens with zero attached hydrogens (tertiary/aromatic N) is 1. The van der Waals surface area contributed by atoms with Crippen LogP contribution in [0.3, 0.4) is 0 Å². The minimum atomic E-state index is -0.651. The molecule has 0 aliphatic rings. The number of halogens is 2. The zero-order valence-electron chi connectivity index (χ0n) is 14.3. The lowest BCUT2D eigenvalue weighted by Crippen LogP contribution is -2.18. The van der Waals surface area contributed by atoms with E-state index in [1.807, 2.05) is 19.1 Å². The Bertz CT molecular complexity index is 987. The maximum atomic E-state index is 11.9. The van der Waals surface area contributed by atoms with E-state index < -0.39 is 6.09 Å². The van der Waals surface area contributed by atoms with E-state index in [9.17, 15) is 4.79 Å². The third-order valence-corrected chi connectivity index (χ3v) is 5.33. The van der Waals surface area contributed by atoms with Gasteiger partial charge in [-0.25, -0.2) is 9.78 Å². The van der Waals surface area contributed by atoms with Crippen molar-refractivity contribution in [2.75, 3.05) is 11.9 Å². The summed E-state index contributed by atoms with van der Waals surface area (Å²) >= 11 is 13.2. The van der Waals surface area contributed by atoms with E-state index in [4.69, 9.17) is 33.3 Å². The Kier molecular flexibility index (Phi) is 6.11. The number of hydrogen-bond donors (Lipinski definition) is 2. The molecular weight excluding hydrogens is 405 g/mol. The lowest BCUT2D eigenvalue weighted by atomic mass is 10.2. The minimum Gasteiger partial charge on any atom is -0.443 e. The molecule has 0 spiro atoms. The fourth-order valence-corrected chi connectivity index (χ4v) is 3.64. The third kappa shape index (κ3) is 5.07. The van der Waals surface area contributed by atoms with Crippen LogP contribution in [0.15, 0.2) is 48.5 Å². The van der Waals surface area contributed by atoms with Crippen LogP contribution in [0.4, 0.5) is 10.5 Å². The van der Waals surface area contributed by atoms with Crippen molar-refractivity contribution < 1.29 is 9.53 Å². The first-order valence-corrected chi connectivity index (χ1v) is 9.50. The molecule has 3 aromatic rings. The van der Waals surface area contributed by atoms with Crippen LogP contribution in [-0.2, 0) is 4.74 Å². The van der Waals surface area contributed by atoms with Crippen molar-refractivity contribution in [3.63, 3.8) is 0 Å². The maximum Gasteiger partial charge on any atom is 0.412 e. The summed E-state index contributed by atoms with van der Waals surface area (Å²) in [5.74, 6) is 0. The van der Waals surface area contributed by atoms with E-state index in [0.29, 0.717) is 26.3 Å². The SMILES string of the molecule is Cc1nc(-c2ccc(Cl)cc2)sc1C(=N)COC(=O)Nc1cccc(Cl)c1. The highest BCUT2D eigenvalue weighted by atomic mass is 35.5. The molecule has 0 atom stereocenters. The van der Waals surface area contributed by atoms with E-state index in [-0.39, 0.29) is 12.3 Å². The second-order valence-corrected chi connectivity index (χ2v) is 7.50. The Labute approximate surface area is 170 Å². The highest BCUT2D eigenvalue weighted by Gasteiger charge is 2.15. The van der Waals surface area contributed by atoms with Gasteiger partial charge in [0.05, 0.1) is 16.3 Å². The zero-order valence-corrected chi connectivity index (χ0v) is 16.6. The molecule has 138 valence electrons. The molecule has 0 aliphatic heterocycles. The molecule has 0 saturated heterocycles. The summed E-state index contributed by atoms with van der Waals surface area (Å²) in [6.45, 7) is 1.67. The molecule has 1 aromatic heterocycles. The van der Waals surface area contributed by atoms with Crippen LogP contribution < -0.4 is 5.32 Å². The molecule has 27 heavy (non-hydrogen) atoms. The number of aromatic nitrogens is 1. The topological polar surface area (TPSA) is 75.1 Å². The molecule has 3 rings (SSSR count). The Balaban J connectivity index is 1.62. The fourth-order valence-electron chi connectivity index (χ4n) is 2.32. The largest absolute Gasteiger partial charge is 0.443 e. The first kappa shape index (κ1) is 19.4. The highest BCUT2D eigenvalue weighted by molar-refractivity contribution is 7.17.